The Morgan fingerprint density at radius 3 is 2.26 bits per heavy atom. The van der Waals surface area contributed by atoms with Gasteiger partial charge in [-0.2, -0.15) is 0 Å². The number of anilines is 1. The molecule has 0 saturated heterocycles. The lowest BCUT2D eigenvalue weighted by atomic mass is 9.87. The average Bonchev–Trinajstić information content (AvgIpc) is 3.54. The van der Waals surface area contributed by atoms with Crippen molar-refractivity contribution in [1.82, 2.24) is 5.32 Å². The van der Waals surface area contributed by atoms with Gasteiger partial charge in [0, 0.05) is 23.2 Å². The molecule has 0 bridgehead atoms. The molecular formula is C24H30N2O. The first-order chi connectivity index (χ1) is 12.9. The third-order valence-corrected chi connectivity index (χ3v) is 5.77. The highest BCUT2D eigenvalue weighted by Crippen LogP contribution is 2.41. The fraction of sp³-hybridized carbons (Fsp3) is 0.458. The molecule has 0 heterocycles. The molecule has 2 saturated carbocycles. The number of benzene rings is 2. The molecular weight excluding hydrogens is 332 g/mol. The van der Waals surface area contributed by atoms with E-state index in [0.29, 0.717) is 17.5 Å². The van der Waals surface area contributed by atoms with Crippen LogP contribution in [0.25, 0.3) is 0 Å². The van der Waals surface area contributed by atoms with Crippen LogP contribution >= 0.6 is 0 Å². The van der Waals surface area contributed by atoms with Crippen molar-refractivity contribution >= 4 is 11.6 Å². The van der Waals surface area contributed by atoms with Crippen molar-refractivity contribution in [3.8, 4) is 0 Å². The summed E-state index contributed by atoms with van der Waals surface area (Å²) in [4.78, 5) is 12.5. The number of rotatable bonds is 6. The molecule has 2 aromatic rings. The Labute approximate surface area is 162 Å². The van der Waals surface area contributed by atoms with Gasteiger partial charge in [-0.15, -0.1) is 0 Å². The first-order valence-corrected chi connectivity index (χ1v) is 10.2. The average molecular weight is 363 g/mol. The number of carbonyl (C=O) groups is 1. The van der Waals surface area contributed by atoms with Crippen LogP contribution in [0.3, 0.4) is 0 Å². The predicted molar refractivity (Wildman–Crippen MR) is 111 cm³/mol. The zero-order valence-corrected chi connectivity index (χ0v) is 16.6. The maximum atomic E-state index is 12.5. The minimum absolute atomic E-state index is 0.0568. The van der Waals surface area contributed by atoms with Crippen LogP contribution in [0, 0.1) is 5.92 Å². The summed E-state index contributed by atoms with van der Waals surface area (Å²) in [7, 11) is 0. The van der Waals surface area contributed by atoms with Crippen molar-refractivity contribution < 1.29 is 4.79 Å². The lowest BCUT2D eigenvalue weighted by Crippen LogP contribution is -2.20. The highest BCUT2D eigenvalue weighted by Gasteiger charge is 2.38. The number of amides is 1. The lowest BCUT2D eigenvalue weighted by molar-refractivity contribution is 0.102. The monoisotopic (exact) mass is 362 g/mol. The molecule has 2 fully saturated rings. The molecule has 3 heteroatoms. The number of hydrogen-bond acceptors (Lipinski definition) is 2. The molecule has 4 rings (SSSR count). The van der Waals surface area contributed by atoms with Crippen LogP contribution in [0.15, 0.2) is 48.5 Å². The van der Waals surface area contributed by atoms with Gasteiger partial charge in [0.1, 0.15) is 0 Å². The van der Waals surface area contributed by atoms with E-state index in [2.05, 4.69) is 43.5 Å². The van der Waals surface area contributed by atoms with Crippen LogP contribution in [0.5, 0.6) is 0 Å². The fourth-order valence-electron chi connectivity index (χ4n) is 3.57. The van der Waals surface area contributed by atoms with Crippen LogP contribution in [0.2, 0.25) is 0 Å². The Bertz CT molecular complexity index is 798. The molecule has 0 aromatic heterocycles. The molecule has 0 unspecified atom stereocenters. The zero-order chi connectivity index (χ0) is 19.0. The van der Waals surface area contributed by atoms with Gasteiger partial charge in [-0.3, -0.25) is 4.79 Å². The second-order valence-corrected chi connectivity index (χ2v) is 9.20. The Kier molecular flexibility index (Phi) is 4.81. The topological polar surface area (TPSA) is 41.1 Å². The summed E-state index contributed by atoms with van der Waals surface area (Å²) in [6, 6.07) is 16.9. The third kappa shape index (κ3) is 4.59. The Morgan fingerprint density at radius 2 is 1.67 bits per heavy atom. The molecule has 3 nitrogen and oxygen atoms in total. The summed E-state index contributed by atoms with van der Waals surface area (Å²) in [5, 5.41) is 6.69. The van der Waals surface area contributed by atoms with Gasteiger partial charge < -0.3 is 10.6 Å². The molecule has 0 radical (unpaired) electrons. The van der Waals surface area contributed by atoms with Crippen LogP contribution < -0.4 is 10.6 Å². The highest BCUT2D eigenvalue weighted by molar-refractivity contribution is 6.04. The maximum Gasteiger partial charge on any atom is 0.255 e. The van der Waals surface area contributed by atoms with E-state index >= 15 is 0 Å². The molecule has 27 heavy (non-hydrogen) atoms. The summed E-state index contributed by atoms with van der Waals surface area (Å²) in [5.41, 5.74) is 4.25. The third-order valence-electron chi connectivity index (χ3n) is 5.77. The van der Waals surface area contributed by atoms with Gasteiger partial charge in [0.25, 0.3) is 5.91 Å². The summed E-state index contributed by atoms with van der Waals surface area (Å²) >= 11 is 0. The van der Waals surface area contributed by atoms with Gasteiger partial charge in [-0.05, 0) is 72.5 Å². The Morgan fingerprint density at radius 1 is 1.00 bits per heavy atom. The molecule has 2 atom stereocenters. The van der Waals surface area contributed by atoms with Crippen molar-refractivity contribution in [2.24, 2.45) is 5.92 Å². The molecule has 2 aliphatic carbocycles. The maximum absolute atomic E-state index is 12.5. The Hall–Kier alpha value is -2.13. The number of hydrogen-bond donors (Lipinski definition) is 2. The first-order valence-electron chi connectivity index (χ1n) is 10.2. The van der Waals surface area contributed by atoms with E-state index in [1.54, 1.807) is 0 Å². The quantitative estimate of drug-likeness (QED) is 0.751. The summed E-state index contributed by atoms with van der Waals surface area (Å²) in [6.45, 7) is 7.71. The minimum atomic E-state index is -0.0568. The second kappa shape index (κ2) is 7.12. The van der Waals surface area contributed by atoms with E-state index in [4.69, 9.17) is 0 Å². The molecule has 2 aromatic carbocycles. The minimum Gasteiger partial charge on any atom is -0.322 e. The molecule has 0 spiro atoms. The van der Waals surface area contributed by atoms with Gasteiger partial charge in [0.2, 0.25) is 0 Å². The smallest absolute Gasteiger partial charge is 0.255 e. The van der Waals surface area contributed by atoms with Crippen molar-refractivity contribution in [2.75, 3.05) is 11.9 Å². The highest BCUT2D eigenvalue weighted by atomic mass is 16.1. The van der Waals surface area contributed by atoms with E-state index in [1.807, 2.05) is 36.4 Å². The van der Waals surface area contributed by atoms with Gasteiger partial charge in [0.15, 0.2) is 0 Å². The van der Waals surface area contributed by atoms with Gasteiger partial charge >= 0.3 is 0 Å². The van der Waals surface area contributed by atoms with E-state index in [0.717, 1.165) is 11.6 Å². The largest absolute Gasteiger partial charge is 0.322 e. The molecule has 142 valence electrons. The van der Waals surface area contributed by atoms with Crippen LogP contribution in [-0.2, 0) is 5.41 Å². The van der Waals surface area contributed by atoms with Gasteiger partial charge in [-0.1, -0.05) is 45.0 Å². The van der Waals surface area contributed by atoms with E-state index < -0.39 is 0 Å². The van der Waals surface area contributed by atoms with Crippen molar-refractivity contribution in [3.05, 3.63) is 65.2 Å². The van der Waals surface area contributed by atoms with Crippen LogP contribution in [0.4, 0.5) is 5.69 Å². The molecule has 0 aliphatic heterocycles. The normalized spacial score (nSPS) is 21.7. The Balaban J connectivity index is 1.32. The standard InChI is InChI=1S/C24H30N2O/c1-24(2,3)19-10-6-18(7-11-19)23(27)26-20-12-8-17(9-13-20)21-14-22(21)25-15-16-4-5-16/h6-13,16,21-22,25H,4-5,14-15H2,1-3H3,(H,26,27)/t21-,22+/m0/s1. The SMILES string of the molecule is CC(C)(C)c1ccc(C(=O)Nc2ccc([C@@H]3C[C@H]3NCC3CC3)cc2)cc1. The first kappa shape index (κ1) is 18.2. The summed E-state index contributed by atoms with van der Waals surface area (Å²) < 4.78 is 0. The van der Waals surface area contributed by atoms with E-state index in [1.165, 1.54) is 36.9 Å². The summed E-state index contributed by atoms with van der Waals surface area (Å²) in [5.74, 6) is 1.51. The van der Waals surface area contributed by atoms with E-state index in [9.17, 15) is 4.79 Å². The zero-order valence-electron chi connectivity index (χ0n) is 16.6. The molecule has 2 aliphatic rings. The number of carbonyl (C=O) groups excluding carboxylic acids is 1. The number of nitrogens with one attached hydrogen (secondary N) is 2. The van der Waals surface area contributed by atoms with Crippen molar-refractivity contribution in [1.29, 1.82) is 0 Å². The summed E-state index contributed by atoms with van der Waals surface area (Å²) in [6.07, 6.45) is 4.04. The molecule has 2 N–H and O–H groups in total. The predicted octanol–water partition coefficient (Wildman–Crippen LogP) is 5.09. The fourth-order valence-corrected chi connectivity index (χ4v) is 3.57. The van der Waals surface area contributed by atoms with E-state index in [-0.39, 0.29) is 11.3 Å². The molecule has 1 amide bonds. The van der Waals surface area contributed by atoms with Crippen LogP contribution in [-0.4, -0.2) is 18.5 Å². The van der Waals surface area contributed by atoms with Crippen molar-refractivity contribution in [3.63, 3.8) is 0 Å². The van der Waals surface area contributed by atoms with Crippen molar-refractivity contribution in [2.45, 2.75) is 57.4 Å². The van der Waals surface area contributed by atoms with Gasteiger partial charge in [-0.25, -0.2) is 0 Å². The lowest BCUT2D eigenvalue weighted by Gasteiger charge is -2.19. The van der Waals surface area contributed by atoms with Crippen LogP contribution in [0.1, 0.15) is 67.4 Å². The van der Waals surface area contributed by atoms with Gasteiger partial charge in [0.05, 0.1) is 0 Å². The second-order valence-electron chi connectivity index (χ2n) is 9.20.